The molecular formula is C20H18F3NO4. The van der Waals surface area contributed by atoms with Gasteiger partial charge in [-0.15, -0.1) is 0 Å². The number of hydrogen-bond acceptors (Lipinski definition) is 3. The van der Waals surface area contributed by atoms with E-state index in [4.69, 9.17) is 9.84 Å². The first kappa shape index (κ1) is 19.9. The SMILES string of the molecule is O=C(O)CN(C(=O)c1ccc(-c2cc(F)c(F)c(F)c2)cc1)C1CCOCC1. The molecule has 0 saturated carbocycles. The number of ether oxygens (including phenoxy) is 1. The fourth-order valence-electron chi connectivity index (χ4n) is 3.20. The van der Waals surface area contributed by atoms with Crippen molar-refractivity contribution in [3.8, 4) is 11.1 Å². The average Bonchev–Trinajstić information content (AvgIpc) is 2.70. The molecule has 0 spiro atoms. The number of nitrogens with zero attached hydrogens (tertiary/aromatic N) is 1. The summed E-state index contributed by atoms with van der Waals surface area (Å²) in [5, 5.41) is 9.15. The Bertz CT molecular complexity index is 857. The maximum absolute atomic E-state index is 13.4. The van der Waals surface area contributed by atoms with E-state index in [9.17, 15) is 22.8 Å². The lowest BCUT2D eigenvalue weighted by Crippen LogP contribution is -2.46. The van der Waals surface area contributed by atoms with Gasteiger partial charge in [-0.25, -0.2) is 13.2 Å². The van der Waals surface area contributed by atoms with Gasteiger partial charge in [-0.1, -0.05) is 12.1 Å². The zero-order valence-electron chi connectivity index (χ0n) is 14.8. The van der Waals surface area contributed by atoms with Crippen LogP contribution in [0, 0.1) is 17.5 Å². The molecule has 0 aromatic heterocycles. The minimum absolute atomic E-state index is 0.127. The Balaban J connectivity index is 1.84. The van der Waals surface area contributed by atoms with Crippen molar-refractivity contribution in [1.29, 1.82) is 0 Å². The van der Waals surface area contributed by atoms with Crippen LogP contribution in [0.1, 0.15) is 23.2 Å². The highest BCUT2D eigenvalue weighted by molar-refractivity contribution is 5.96. The number of carboxylic acid groups (broad SMARTS) is 1. The number of benzene rings is 2. The highest BCUT2D eigenvalue weighted by atomic mass is 19.2. The number of carboxylic acids is 1. The molecule has 1 fully saturated rings. The predicted octanol–water partition coefficient (Wildman–Crippen LogP) is 3.48. The van der Waals surface area contributed by atoms with Crippen LogP contribution in [0.4, 0.5) is 13.2 Å². The summed E-state index contributed by atoms with van der Waals surface area (Å²) in [6.07, 6.45) is 1.09. The van der Waals surface area contributed by atoms with Gasteiger partial charge in [0.2, 0.25) is 0 Å². The van der Waals surface area contributed by atoms with Crippen molar-refractivity contribution < 1.29 is 32.6 Å². The van der Waals surface area contributed by atoms with Crippen molar-refractivity contribution in [3.05, 3.63) is 59.4 Å². The van der Waals surface area contributed by atoms with E-state index in [-0.39, 0.29) is 17.2 Å². The Morgan fingerprint density at radius 3 is 2.11 bits per heavy atom. The van der Waals surface area contributed by atoms with Crippen LogP contribution in [0.2, 0.25) is 0 Å². The number of carbonyl (C=O) groups excluding carboxylic acids is 1. The zero-order valence-corrected chi connectivity index (χ0v) is 14.8. The Labute approximate surface area is 159 Å². The van der Waals surface area contributed by atoms with Crippen molar-refractivity contribution in [1.82, 2.24) is 4.90 Å². The molecule has 148 valence electrons. The molecule has 5 nitrogen and oxygen atoms in total. The molecule has 1 saturated heterocycles. The van der Waals surface area contributed by atoms with Crippen molar-refractivity contribution in [3.63, 3.8) is 0 Å². The smallest absolute Gasteiger partial charge is 0.323 e. The fraction of sp³-hybridized carbons (Fsp3) is 0.300. The van der Waals surface area contributed by atoms with Crippen LogP contribution in [0.3, 0.4) is 0 Å². The topological polar surface area (TPSA) is 66.8 Å². The lowest BCUT2D eigenvalue weighted by molar-refractivity contribution is -0.138. The maximum atomic E-state index is 13.4. The number of halogens is 3. The number of rotatable bonds is 5. The van der Waals surface area contributed by atoms with Gasteiger partial charge in [0.15, 0.2) is 17.5 Å². The quantitative estimate of drug-likeness (QED) is 0.790. The molecule has 28 heavy (non-hydrogen) atoms. The van der Waals surface area contributed by atoms with Crippen LogP contribution in [0.15, 0.2) is 36.4 Å². The molecule has 1 N–H and O–H groups in total. The Morgan fingerprint density at radius 2 is 1.57 bits per heavy atom. The molecular weight excluding hydrogens is 375 g/mol. The summed E-state index contributed by atoms with van der Waals surface area (Å²) < 4.78 is 45.2. The molecule has 1 aliphatic heterocycles. The van der Waals surface area contributed by atoms with Gasteiger partial charge >= 0.3 is 5.97 Å². The number of carbonyl (C=O) groups is 2. The fourth-order valence-corrected chi connectivity index (χ4v) is 3.20. The lowest BCUT2D eigenvalue weighted by atomic mass is 10.0. The third kappa shape index (κ3) is 4.33. The van der Waals surface area contributed by atoms with E-state index >= 15 is 0 Å². The second kappa shape index (κ2) is 8.43. The van der Waals surface area contributed by atoms with Gasteiger partial charge in [0.1, 0.15) is 6.54 Å². The molecule has 1 amide bonds. The molecule has 1 heterocycles. The van der Waals surface area contributed by atoms with Crippen LogP contribution in [0.5, 0.6) is 0 Å². The summed E-state index contributed by atoms with van der Waals surface area (Å²) in [6, 6.07) is 7.35. The molecule has 2 aromatic rings. The molecule has 1 aliphatic rings. The average molecular weight is 393 g/mol. The van der Waals surface area contributed by atoms with E-state index in [0.717, 1.165) is 12.1 Å². The summed E-state index contributed by atoms with van der Waals surface area (Å²) in [5.41, 5.74) is 0.770. The first-order valence-electron chi connectivity index (χ1n) is 8.72. The number of hydrogen-bond donors (Lipinski definition) is 1. The van der Waals surface area contributed by atoms with Gasteiger partial charge in [-0.2, -0.15) is 0 Å². The minimum atomic E-state index is -1.55. The predicted molar refractivity (Wildman–Crippen MR) is 94.3 cm³/mol. The third-order valence-electron chi connectivity index (χ3n) is 4.65. The van der Waals surface area contributed by atoms with Crippen LogP contribution in [-0.4, -0.2) is 47.7 Å². The van der Waals surface area contributed by atoms with Gasteiger partial charge in [-0.3, -0.25) is 9.59 Å². The van der Waals surface area contributed by atoms with Crippen LogP contribution in [-0.2, 0) is 9.53 Å². The maximum Gasteiger partial charge on any atom is 0.323 e. The minimum Gasteiger partial charge on any atom is -0.480 e. The summed E-state index contributed by atoms with van der Waals surface area (Å²) in [4.78, 5) is 25.3. The molecule has 8 heteroatoms. The van der Waals surface area contributed by atoms with Crippen LogP contribution in [0.25, 0.3) is 11.1 Å². The molecule has 0 atom stereocenters. The van der Waals surface area contributed by atoms with E-state index < -0.39 is 35.9 Å². The monoisotopic (exact) mass is 393 g/mol. The molecule has 0 bridgehead atoms. The molecule has 0 unspecified atom stereocenters. The number of aliphatic carboxylic acids is 1. The first-order chi connectivity index (χ1) is 13.4. The standard InChI is InChI=1S/C20H18F3NO4/c21-16-9-14(10-17(22)19(16)23)12-1-3-13(4-2-12)20(27)24(11-18(25)26)15-5-7-28-8-6-15/h1-4,9-10,15H,5-8,11H2,(H,25,26). The molecule has 0 radical (unpaired) electrons. The Hall–Kier alpha value is -2.87. The first-order valence-corrected chi connectivity index (χ1v) is 8.72. The number of amides is 1. The van der Waals surface area contributed by atoms with Gasteiger partial charge in [-0.05, 0) is 48.2 Å². The summed E-state index contributed by atoms with van der Waals surface area (Å²) in [6.45, 7) is 0.475. The van der Waals surface area contributed by atoms with E-state index in [0.29, 0.717) is 31.6 Å². The van der Waals surface area contributed by atoms with Crippen LogP contribution >= 0.6 is 0 Å². The lowest BCUT2D eigenvalue weighted by Gasteiger charge is -2.33. The normalized spacial score (nSPS) is 14.7. The third-order valence-corrected chi connectivity index (χ3v) is 4.65. The highest BCUT2D eigenvalue weighted by Gasteiger charge is 2.28. The van der Waals surface area contributed by atoms with E-state index in [1.54, 1.807) is 0 Å². The van der Waals surface area contributed by atoms with Crippen molar-refractivity contribution in [2.75, 3.05) is 19.8 Å². The van der Waals surface area contributed by atoms with Crippen LogP contribution < -0.4 is 0 Å². The van der Waals surface area contributed by atoms with Gasteiger partial charge in [0, 0.05) is 24.8 Å². The zero-order chi connectivity index (χ0) is 20.3. The van der Waals surface area contributed by atoms with Gasteiger partial charge in [0.25, 0.3) is 5.91 Å². The largest absolute Gasteiger partial charge is 0.480 e. The van der Waals surface area contributed by atoms with E-state index in [1.807, 2.05) is 0 Å². The van der Waals surface area contributed by atoms with Gasteiger partial charge in [0.05, 0.1) is 0 Å². The summed E-state index contributed by atoms with van der Waals surface area (Å²) in [5.74, 6) is -5.72. The van der Waals surface area contributed by atoms with Crippen molar-refractivity contribution in [2.45, 2.75) is 18.9 Å². The summed E-state index contributed by atoms with van der Waals surface area (Å²) in [7, 11) is 0. The Kier molecular flexibility index (Phi) is 5.99. The Morgan fingerprint density at radius 1 is 1.00 bits per heavy atom. The molecule has 3 rings (SSSR count). The molecule has 2 aromatic carbocycles. The second-order valence-electron chi connectivity index (χ2n) is 6.50. The molecule has 0 aliphatic carbocycles. The second-order valence-corrected chi connectivity index (χ2v) is 6.50. The highest BCUT2D eigenvalue weighted by Crippen LogP contribution is 2.25. The van der Waals surface area contributed by atoms with E-state index in [2.05, 4.69) is 0 Å². The van der Waals surface area contributed by atoms with Gasteiger partial charge < -0.3 is 14.7 Å². The van der Waals surface area contributed by atoms with E-state index in [1.165, 1.54) is 29.2 Å². The van der Waals surface area contributed by atoms with Crippen molar-refractivity contribution >= 4 is 11.9 Å². The summed E-state index contributed by atoms with van der Waals surface area (Å²) >= 11 is 0. The van der Waals surface area contributed by atoms with Crippen molar-refractivity contribution in [2.24, 2.45) is 0 Å².